The van der Waals surface area contributed by atoms with Gasteiger partial charge in [-0.3, -0.25) is 0 Å². The summed E-state index contributed by atoms with van der Waals surface area (Å²) in [6.07, 6.45) is -1.73. The maximum Gasteiger partial charge on any atom is 0.408 e. The smallest absolute Gasteiger partial charge is 0.408 e. The van der Waals surface area contributed by atoms with Crippen LogP contribution in [0.4, 0.5) is 4.79 Å². The van der Waals surface area contributed by atoms with Crippen molar-refractivity contribution in [1.29, 1.82) is 0 Å². The molecule has 0 fully saturated rings. The lowest BCUT2D eigenvalue weighted by molar-refractivity contribution is -0.141. The maximum absolute atomic E-state index is 11.7. The molecule has 1 amide bonds. The van der Waals surface area contributed by atoms with E-state index in [4.69, 9.17) is 39.2 Å². The van der Waals surface area contributed by atoms with Gasteiger partial charge in [-0.05, 0) is 25.1 Å². The van der Waals surface area contributed by atoms with Crippen LogP contribution in [-0.2, 0) is 14.0 Å². The van der Waals surface area contributed by atoms with Crippen molar-refractivity contribution in [2.75, 3.05) is 6.61 Å². The van der Waals surface area contributed by atoms with Crippen LogP contribution in [0.3, 0.4) is 0 Å². The molecule has 0 aliphatic carbocycles. The van der Waals surface area contributed by atoms with Crippen molar-refractivity contribution < 1.29 is 23.9 Å². The Morgan fingerprint density at radius 3 is 2.04 bits per heavy atom. The number of rotatable bonds is 6. The van der Waals surface area contributed by atoms with E-state index in [0.717, 1.165) is 0 Å². The molecular formula is C13H24Cl3NO5Si. The number of alkyl carbamates (subject to hydrolysis) is 1. The van der Waals surface area contributed by atoms with Crippen LogP contribution in [-0.4, -0.2) is 48.0 Å². The number of carbonyl (C=O) groups is 2. The Balaban J connectivity index is 4.86. The predicted octanol–water partition coefficient (Wildman–Crippen LogP) is 3.95. The summed E-state index contributed by atoms with van der Waals surface area (Å²) in [4.78, 5) is 23.1. The largest absolute Gasteiger partial charge is 0.480 e. The van der Waals surface area contributed by atoms with Crippen molar-refractivity contribution in [3.63, 3.8) is 0 Å². The molecule has 0 aromatic heterocycles. The van der Waals surface area contributed by atoms with Crippen molar-refractivity contribution in [1.82, 2.24) is 5.32 Å². The van der Waals surface area contributed by atoms with E-state index in [2.05, 4.69) is 10.1 Å². The molecule has 0 saturated carbocycles. The zero-order valence-corrected chi connectivity index (χ0v) is 17.3. The first-order valence-electron chi connectivity index (χ1n) is 6.97. The summed E-state index contributed by atoms with van der Waals surface area (Å²) in [7, 11) is -2.19. The number of alkyl halides is 3. The highest BCUT2D eigenvalue weighted by molar-refractivity contribution is 6.74. The van der Waals surface area contributed by atoms with Gasteiger partial charge in [0.1, 0.15) is 6.61 Å². The molecule has 136 valence electrons. The molecule has 0 heterocycles. The molecule has 0 aliphatic rings. The van der Waals surface area contributed by atoms with Gasteiger partial charge in [-0.2, -0.15) is 0 Å². The lowest BCUT2D eigenvalue weighted by Gasteiger charge is -2.39. The molecule has 0 aromatic rings. The second kappa shape index (κ2) is 8.25. The number of ether oxygens (including phenoxy) is 1. The standard InChI is InChI=1S/C13H24Cl3NO5Si/c1-8(22-23(5,6)12(2,3)4)9(10(18)19)17-11(20)21-7-13(14,15)16/h8-9H,7H2,1-6H3,(H,17,20)(H,18,19). The van der Waals surface area contributed by atoms with E-state index in [9.17, 15) is 14.7 Å². The van der Waals surface area contributed by atoms with Crippen LogP contribution in [0.5, 0.6) is 0 Å². The normalized spacial score (nSPS) is 15.7. The van der Waals surface area contributed by atoms with Gasteiger partial charge in [0.25, 0.3) is 0 Å². The molecule has 10 heteroatoms. The van der Waals surface area contributed by atoms with E-state index < -0.39 is 42.9 Å². The zero-order valence-electron chi connectivity index (χ0n) is 14.1. The Morgan fingerprint density at radius 2 is 1.70 bits per heavy atom. The third-order valence-electron chi connectivity index (χ3n) is 3.66. The molecule has 0 aromatic carbocycles. The maximum atomic E-state index is 11.7. The number of hydrogen-bond acceptors (Lipinski definition) is 4. The van der Waals surface area contributed by atoms with E-state index in [1.165, 1.54) is 0 Å². The second-order valence-corrected chi connectivity index (χ2v) is 14.0. The Kier molecular flexibility index (Phi) is 8.17. The van der Waals surface area contributed by atoms with Crippen molar-refractivity contribution in [2.45, 2.75) is 61.8 Å². The summed E-state index contributed by atoms with van der Waals surface area (Å²) in [6.45, 7) is 11.2. The lowest BCUT2D eigenvalue weighted by atomic mass is 10.2. The van der Waals surface area contributed by atoms with Crippen LogP contribution in [0.2, 0.25) is 18.1 Å². The van der Waals surface area contributed by atoms with Crippen molar-refractivity contribution in [3.8, 4) is 0 Å². The molecule has 0 aliphatic heterocycles. The van der Waals surface area contributed by atoms with Crippen molar-refractivity contribution in [3.05, 3.63) is 0 Å². The molecule has 0 radical (unpaired) electrons. The van der Waals surface area contributed by atoms with Gasteiger partial charge in [-0.1, -0.05) is 55.6 Å². The van der Waals surface area contributed by atoms with Crippen molar-refractivity contribution in [2.24, 2.45) is 0 Å². The fraction of sp³-hybridized carbons (Fsp3) is 0.846. The molecule has 0 spiro atoms. The van der Waals surface area contributed by atoms with Gasteiger partial charge in [0, 0.05) is 0 Å². The van der Waals surface area contributed by atoms with Gasteiger partial charge in [0.05, 0.1) is 6.10 Å². The molecule has 2 unspecified atom stereocenters. The first-order chi connectivity index (χ1) is 10.1. The minimum atomic E-state index is -2.19. The second-order valence-electron chi connectivity index (χ2n) is 6.73. The summed E-state index contributed by atoms with van der Waals surface area (Å²) in [5.74, 6) is -1.23. The van der Waals surface area contributed by atoms with Crippen LogP contribution < -0.4 is 5.32 Å². The average Bonchev–Trinajstić information content (AvgIpc) is 2.29. The Bertz CT molecular complexity index is 434. The minimum absolute atomic E-state index is 0.0969. The molecule has 0 rings (SSSR count). The Labute approximate surface area is 152 Å². The summed E-state index contributed by atoms with van der Waals surface area (Å²) < 4.78 is 8.90. The molecule has 0 saturated heterocycles. The first kappa shape index (κ1) is 22.8. The lowest BCUT2D eigenvalue weighted by Crippen LogP contribution is -2.54. The van der Waals surface area contributed by atoms with Gasteiger partial charge >= 0.3 is 12.1 Å². The highest BCUT2D eigenvalue weighted by Crippen LogP contribution is 2.37. The number of hydrogen-bond donors (Lipinski definition) is 2. The Hall–Kier alpha value is -0.213. The minimum Gasteiger partial charge on any atom is -0.480 e. The van der Waals surface area contributed by atoms with E-state index in [1.807, 2.05) is 33.9 Å². The van der Waals surface area contributed by atoms with E-state index >= 15 is 0 Å². The van der Waals surface area contributed by atoms with Crippen LogP contribution in [0, 0.1) is 0 Å². The van der Waals surface area contributed by atoms with Gasteiger partial charge < -0.3 is 19.6 Å². The summed E-state index contributed by atoms with van der Waals surface area (Å²) >= 11 is 16.4. The molecule has 0 bridgehead atoms. The van der Waals surface area contributed by atoms with Crippen molar-refractivity contribution >= 4 is 55.2 Å². The number of amides is 1. The monoisotopic (exact) mass is 407 g/mol. The van der Waals surface area contributed by atoms with Gasteiger partial charge in [-0.15, -0.1) is 0 Å². The molecule has 6 nitrogen and oxygen atoms in total. The summed E-state index contributed by atoms with van der Waals surface area (Å²) in [5, 5.41) is 11.4. The molecular weight excluding hydrogens is 385 g/mol. The van der Waals surface area contributed by atoms with Crippen LogP contribution in [0.1, 0.15) is 27.7 Å². The quantitative estimate of drug-likeness (QED) is 0.513. The zero-order chi connectivity index (χ0) is 18.6. The Morgan fingerprint density at radius 1 is 1.22 bits per heavy atom. The number of aliphatic carboxylic acids is 1. The molecule has 2 atom stereocenters. The average molecular weight is 409 g/mol. The third kappa shape index (κ3) is 8.44. The molecule has 2 N–H and O–H groups in total. The number of halogens is 3. The topological polar surface area (TPSA) is 84.9 Å². The van der Waals surface area contributed by atoms with E-state index in [1.54, 1.807) is 6.92 Å². The van der Waals surface area contributed by atoms with Gasteiger partial charge in [0.2, 0.25) is 3.79 Å². The molecule has 23 heavy (non-hydrogen) atoms. The number of carboxylic acids is 1. The predicted molar refractivity (Wildman–Crippen MR) is 93.9 cm³/mol. The fourth-order valence-corrected chi connectivity index (χ4v) is 2.99. The highest BCUT2D eigenvalue weighted by Gasteiger charge is 2.41. The first-order valence-corrected chi connectivity index (χ1v) is 11.0. The van der Waals surface area contributed by atoms with Gasteiger partial charge in [0.15, 0.2) is 14.4 Å². The number of carboxylic acid groups (broad SMARTS) is 1. The highest BCUT2D eigenvalue weighted by atomic mass is 35.6. The summed E-state index contributed by atoms with van der Waals surface area (Å²) in [6, 6.07) is -1.27. The van der Waals surface area contributed by atoms with E-state index in [0.29, 0.717) is 0 Å². The van der Waals surface area contributed by atoms with Crippen LogP contribution >= 0.6 is 34.8 Å². The van der Waals surface area contributed by atoms with E-state index in [-0.39, 0.29) is 5.04 Å². The summed E-state index contributed by atoms with van der Waals surface area (Å²) in [5.41, 5.74) is 0. The van der Waals surface area contributed by atoms with Gasteiger partial charge in [-0.25, -0.2) is 9.59 Å². The number of nitrogens with one attached hydrogen (secondary N) is 1. The SMILES string of the molecule is CC(O[Si](C)(C)C(C)(C)C)C(NC(=O)OCC(Cl)(Cl)Cl)C(=O)O. The van der Waals surface area contributed by atoms with Crippen LogP contribution in [0.15, 0.2) is 0 Å². The number of carbonyl (C=O) groups excluding carboxylic acids is 1. The third-order valence-corrected chi connectivity index (χ3v) is 8.56. The fourth-order valence-electron chi connectivity index (χ4n) is 1.41. The van der Waals surface area contributed by atoms with Crippen LogP contribution in [0.25, 0.3) is 0 Å².